The molecule has 0 spiro atoms. The normalized spacial score (nSPS) is 16.4. The number of nitrogens with zero attached hydrogens (tertiary/aromatic N) is 2. The van der Waals surface area contributed by atoms with Crippen LogP contribution in [0, 0.1) is 5.82 Å². The largest absolute Gasteiger partial charge is 0.367 e. The van der Waals surface area contributed by atoms with Crippen molar-refractivity contribution in [3.8, 4) is 0 Å². The highest BCUT2D eigenvalue weighted by molar-refractivity contribution is 5.48. The lowest BCUT2D eigenvalue weighted by molar-refractivity contribution is 0.249. The zero-order valence-corrected chi connectivity index (χ0v) is 11.5. The summed E-state index contributed by atoms with van der Waals surface area (Å²) >= 11 is 0. The summed E-state index contributed by atoms with van der Waals surface area (Å²) in [5, 5.41) is 0. The number of anilines is 1. The van der Waals surface area contributed by atoms with Crippen molar-refractivity contribution in [3.63, 3.8) is 0 Å². The van der Waals surface area contributed by atoms with Crippen LogP contribution in [-0.2, 0) is 6.54 Å². The molecule has 0 unspecified atom stereocenters. The van der Waals surface area contributed by atoms with E-state index in [9.17, 15) is 4.39 Å². The molecule has 1 aliphatic rings. The third-order valence-electron chi connectivity index (χ3n) is 3.81. The highest BCUT2D eigenvalue weighted by Crippen LogP contribution is 2.20. The van der Waals surface area contributed by atoms with E-state index in [0.29, 0.717) is 0 Å². The van der Waals surface area contributed by atoms with E-state index < -0.39 is 0 Å². The minimum Gasteiger partial charge on any atom is -0.367 e. The summed E-state index contributed by atoms with van der Waals surface area (Å²) in [6, 6.07) is 17.5. The molecule has 1 heterocycles. The van der Waals surface area contributed by atoms with Crippen LogP contribution in [0.3, 0.4) is 0 Å². The van der Waals surface area contributed by atoms with E-state index in [1.54, 1.807) is 6.07 Å². The molecular formula is C17H19FN2. The van der Waals surface area contributed by atoms with Crippen molar-refractivity contribution < 1.29 is 4.39 Å². The van der Waals surface area contributed by atoms with Crippen molar-refractivity contribution in [1.82, 2.24) is 4.90 Å². The van der Waals surface area contributed by atoms with E-state index in [4.69, 9.17) is 0 Å². The van der Waals surface area contributed by atoms with Crippen molar-refractivity contribution in [1.29, 1.82) is 0 Å². The van der Waals surface area contributed by atoms with Gasteiger partial charge in [0.25, 0.3) is 0 Å². The van der Waals surface area contributed by atoms with Crippen LogP contribution in [0.4, 0.5) is 10.1 Å². The van der Waals surface area contributed by atoms with Crippen LogP contribution >= 0.6 is 0 Å². The molecule has 3 heteroatoms. The monoisotopic (exact) mass is 270 g/mol. The van der Waals surface area contributed by atoms with Crippen LogP contribution < -0.4 is 4.90 Å². The first kappa shape index (κ1) is 13.1. The number of halogens is 1. The fraction of sp³-hybridized carbons (Fsp3) is 0.294. The van der Waals surface area contributed by atoms with Crippen LogP contribution in [0.25, 0.3) is 0 Å². The predicted octanol–water partition coefficient (Wildman–Crippen LogP) is 3.15. The van der Waals surface area contributed by atoms with Crippen LogP contribution in [0.5, 0.6) is 0 Å². The summed E-state index contributed by atoms with van der Waals surface area (Å²) in [5.74, 6) is -0.121. The Labute approximate surface area is 119 Å². The molecule has 0 N–H and O–H groups in total. The molecule has 0 amide bonds. The van der Waals surface area contributed by atoms with E-state index in [1.807, 2.05) is 18.2 Å². The maximum absolute atomic E-state index is 13.8. The second-order valence-electron chi connectivity index (χ2n) is 5.20. The van der Waals surface area contributed by atoms with Crippen LogP contribution in [-0.4, -0.2) is 31.1 Å². The molecule has 3 rings (SSSR count). The number of hydrogen-bond donors (Lipinski definition) is 0. The molecule has 104 valence electrons. The summed E-state index contributed by atoms with van der Waals surface area (Å²) in [7, 11) is 0. The topological polar surface area (TPSA) is 6.48 Å². The first-order chi connectivity index (χ1) is 9.83. The van der Waals surface area contributed by atoms with Gasteiger partial charge in [-0.2, -0.15) is 0 Å². The molecule has 0 aromatic heterocycles. The summed E-state index contributed by atoms with van der Waals surface area (Å²) in [5.41, 5.74) is 2.07. The zero-order chi connectivity index (χ0) is 13.8. The van der Waals surface area contributed by atoms with E-state index in [1.165, 1.54) is 11.6 Å². The van der Waals surface area contributed by atoms with E-state index >= 15 is 0 Å². The van der Waals surface area contributed by atoms with E-state index in [2.05, 4.69) is 34.1 Å². The highest BCUT2D eigenvalue weighted by Gasteiger charge is 2.18. The summed E-state index contributed by atoms with van der Waals surface area (Å²) in [6.45, 7) is 4.69. The minimum atomic E-state index is -0.121. The van der Waals surface area contributed by atoms with E-state index in [0.717, 1.165) is 38.4 Å². The van der Waals surface area contributed by atoms with Crippen LogP contribution in [0.15, 0.2) is 54.6 Å². The van der Waals surface area contributed by atoms with Crippen molar-refractivity contribution in [2.75, 3.05) is 31.1 Å². The first-order valence-electron chi connectivity index (χ1n) is 7.09. The molecular weight excluding hydrogens is 251 g/mol. The van der Waals surface area contributed by atoms with Gasteiger partial charge in [0.15, 0.2) is 0 Å². The summed E-state index contributed by atoms with van der Waals surface area (Å²) in [6.07, 6.45) is 0. The lowest BCUT2D eigenvalue weighted by Crippen LogP contribution is -2.46. The second kappa shape index (κ2) is 6.06. The number of para-hydroxylation sites is 1. The Bertz CT molecular complexity index is 548. The summed E-state index contributed by atoms with van der Waals surface area (Å²) < 4.78 is 13.8. The number of rotatable bonds is 3. The Morgan fingerprint density at radius 2 is 1.45 bits per heavy atom. The molecule has 1 saturated heterocycles. The van der Waals surface area contributed by atoms with Gasteiger partial charge in [-0.15, -0.1) is 0 Å². The summed E-state index contributed by atoms with van der Waals surface area (Å²) in [4.78, 5) is 4.56. The molecule has 0 atom stereocenters. The van der Waals surface area contributed by atoms with Gasteiger partial charge in [-0.3, -0.25) is 4.90 Å². The molecule has 0 aliphatic carbocycles. The van der Waals surface area contributed by atoms with Gasteiger partial charge in [-0.25, -0.2) is 4.39 Å². The first-order valence-corrected chi connectivity index (χ1v) is 7.09. The molecule has 0 bridgehead atoms. The lowest BCUT2D eigenvalue weighted by Gasteiger charge is -2.36. The lowest BCUT2D eigenvalue weighted by atomic mass is 10.2. The number of hydrogen-bond acceptors (Lipinski definition) is 2. The van der Waals surface area contributed by atoms with Crippen molar-refractivity contribution in [2.24, 2.45) is 0 Å². The molecule has 20 heavy (non-hydrogen) atoms. The van der Waals surface area contributed by atoms with Gasteiger partial charge in [0, 0.05) is 32.7 Å². The maximum atomic E-state index is 13.8. The van der Waals surface area contributed by atoms with Gasteiger partial charge >= 0.3 is 0 Å². The number of piperazine rings is 1. The Morgan fingerprint density at radius 1 is 0.800 bits per heavy atom. The predicted molar refractivity (Wildman–Crippen MR) is 80.3 cm³/mol. The number of benzene rings is 2. The van der Waals surface area contributed by atoms with Gasteiger partial charge in [-0.05, 0) is 17.7 Å². The third kappa shape index (κ3) is 2.99. The van der Waals surface area contributed by atoms with Crippen molar-refractivity contribution in [3.05, 3.63) is 66.0 Å². The SMILES string of the molecule is Fc1ccccc1N1CCN(Cc2ccccc2)CC1. The molecule has 2 aromatic rings. The van der Waals surface area contributed by atoms with Gasteiger partial charge in [-0.1, -0.05) is 42.5 Å². The van der Waals surface area contributed by atoms with E-state index in [-0.39, 0.29) is 5.82 Å². The molecule has 1 aliphatic heterocycles. The smallest absolute Gasteiger partial charge is 0.146 e. The van der Waals surface area contributed by atoms with Gasteiger partial charge in [0.05, 0.1) is 5.69 Å². The van der Waals surface area contributed by atoms with Crippen molar-refractivity contribution in [2.45, 2.75) is 6.54 Å². The Hall–Kier alpha value is -1.87. The Morgan fingerprint density at radius 3 is 2.15 bits per heavy atom. The van der Waals surface area contributed by atoms with Gasteiger partial charge in [0.2, 0.25) is 0 Å². The third-order valence-corrected chi connectivity index (χ3v) is 3.81. The van der Waals surface area contributed by atoms with Gasteiger partial charge in [0.1, 0.15) is 5.82 Å². The fourth-order valence-electron chi connectivity index (χ4n) is 2.70. The fourth-order valence-corrected chi connectivity index (χ4v) is 2.70. The molecule has 0 radical (unpaired) electrons. The maximum Gasteiger partial charge on any atom is 0.146 e. The second-order valence-corrected chi connectivity index (χ2v) is 5.20. The van der Waals surface area contributed by atoms with Crippen molar-refractivity contribution >= 4 is 5.69 Å². The van der Waals surface area contributed by atoms with Gasteiger partial charge < -0.3 is 4.90 Å². The molecule has 2 nitrogen and oxygen atoms in total. The van der Waals surface area contributed by atoms with Crippen LogP contribution in [0.1, 0.15) is 5.56 Å². The molecule has 1 fully saturated rings. The average molecular weight is 270 g/mol. The molecule has 0 saturated carbocycles. The quantitative estimate of drug-likeness (QED) is 0.845. The molecule has 2 aromatic carbocycles. The standard InChI is InChI=1S/C17H19FN2/c18-16-8-4-5-9-17(16)20-12-10-19(11-13-20)14-15-6-2-1-3-7-15/h1-9H,10-14H2. The Balaban J connectivity index is 1.59. The minimum absolute atomic E-state index is 0.121. The Kier molecular flexibility index (Phi) is 3.97. The average Bonchev–Trinajstić information content (AvgIpc) is 2.50. The van der Waals surface area contributed by atoms with Crippen LogP contribution in [0.2, 0.25) is 0 Å². The zero-order valence-electron chi connectivity index (χ0n) is 11.5. The highest BCUT2D eigenvalue weighted by atomic mass is 19.1.